The van der Waals surface area contributed by atoms with Crippen molar-refractivity contribution in [3.05, 3.63) is 35.1 Å². The molecule has 0 radical (unpaired) electrons. The molecular weight excluding hydrogens is 338 g/mol. The molecule has 1 aromatic carbocycles. The van der Waals surface area contributed by atoms with E-state index in [-0.39, 0.29) is 0 Å². The molecule has 0 bridgehead atoms. The van der Waals surface area contributed by atoms with Gasteiger partial charge in [0.25, 0.3) is 0 Å². The molecular formula is C14H16BrN3OS. The van der Waals surface area contributed by atoms with E-state index in [1.807, 2.05) is 24.3 Å². The Morgan fingerprint density at radius 1 is 1.25 bits per heavy atom. The van der Waals surface area contributed by atoms with Crippen molar-refractivity contribution in [1.29, 1.82) is 0 Å². The number of methoxy groups -OCH3 is 1. The van der Waals surface area contributed by atoms with Crippen molar-refractivity contribution in [2.24, 2.45) is 0 Å². The zero-order valence-electron chi connectivity index (χ0n) is 11.4. The summed E-state index contributed by atoms with van der Waals surface area (Å²) in [6, 6.07) is 7.90. The number of ether oxygens (including phenoxy) is 1. The Bertz CT molecular complexity index is 563. The van der Waals surface area contributed by atoms with Gasteiger partial charge in [-0.2, -0.15) is 0 Å². The van der Waals surface area contributed by atoms with Crippen molar-refractivity contribution >= 4 is 33.5 Å². The quantitative estimate of drug-likeness (QED) is 0.787. The first-order valence-electron chi connectivity index (χ1n) is 6.31. The maximum Gasteiger partial charge on any atom is 0.144 e. The molecule has 0 atom stereocenters. The van der Waals surface area contributed by atoms with Gasteiger partial charge in [-0.15, -0.1) is 0 Å². The summed E-state index contributed by atoms with van der Waals surface area (Å²) in [6.07, 6.45) is 2.63. The van der Waals surface area contributed by atoms with Crippen LogP contribution in [0.2, 0.25) is 0 Å². The molecule has 0 saturated heterocycles. The van der Waals surface area contributed by atoms with Crippen LogP contribution in [-0.2, 0) is 0 Å². The summed E-state index contributed by atoms with van der Waals surface area (Å²) in [7, 11) is 1.66. The minimum Gasteiger partial charge on any atom is -0.497 e. The number of halogens is 1. The molecule has 6 heteroatoms. The zero-order valence-corrected chi connectivity index (χ0v) is 13.8. The fourth-order valence-corrected chi connectivity index (χ4v) is 2.92. The van der Waals surface area contributed by atoms with Crippen molar-refractivity contribution in [2.45, 2.75) is 23.3 Å². The second kappa shape index (κ2) is 7.50. The highest BCUT2D eigenvalue weighted by atomic mass is 79.9. The monoisotopic (exact) mass is 353 g/mol. The highest BCUT2D eigenvalue weighted by Gasteiger charge is 2.09. The fourth-order valence-electron chi connectivity index (χ4n) is 1.55. The van der Waals surface area contributed by atoms with Crippen molar-refractivity contribution in [3.8, 4) is 5.75 Å². The molecule has 1 N–H and O–H groups in total. The summed E-state index contributed by atoms with van der Waals surface area (Å²) in [5.74, 6) is 1.68. The highest BCUT2D eigenvalue weighted by molar-refractivity contribution is 9.10. The van der Waals surface area contributed by atoms with Crippen molar-refractivity contribution in [1.82, 2.24) is 9.97 Å². The van der Waals surface area contributed by atoms with Gasteiger partial charge in [0.2, 0.25) is 0 Å². The van der Waals surface area contributed by atoms with E-state index in [4.69, 9.17) is 4.74 Å². The normalized spacial score (nSPS) is 10.3. The average molecular weight is 354 g/mol. The Labute approximate surface area is 131 Å². The maximum absolute atomic E-state index is 5.15. The van der Waals surface area contributed by atoms with Gasteiger partial charge < -0.3 is 10.1 Å². The van der Waals surface area contributed by atoms with Crippen LogP contribution in [-0.4, -0.2) is 23.6 Å². The molecule has 4 nitrogen and oxygen atoms in total. The smallest absolute Gasteiger partial charge is 0.144 e. The standard InChI is InChI=1S/C14H16BrN3OS/c1-3-8-16-13-12(15)14(18-9-17-13)20-11-6-4-10(19-2)5-7-11/h4-7,9H,3,8H2,1-2H3,(H,16,17,18). The van der Waals surface area contributed by atoms with E-state index in [0.29, 0.717) is 0 Å². The Kier molecular flexibility index (Phi) is 5.67. The molecule has 20 heavy (non-hydrogen) atoms. The predicted octanol–water partition coefficient (Wildman–Crippen LogP) is 4.22. The number of rotatable bonds is 6. The molecule has 0 spiro atoms. The van der Waals surface area contributed by atoms with E-state index in [9.17, 15) is 0 Å². The number of anilines is 1. The Morgan fingerprint density at radius 3 is 2.65 bits per heavy atom. The van der Waals surface area contributed by atoms with Gasteiger partial charge in [-0.05, 0) is 46.6 Å². The fraction of sp³-hybridized carbons (Fsp3) is 0.286. The Morgan fingerprint density at radius 2 is 2.00 bits per heavy atom. The molecule has 0 fully saturated rings. The second-order valence-electron chi connectivity index (χ2n) is 4.05. The van der Waals surface area contributed by atoms with Crippen LogP contribution in [0.5, 0.6) is 5.75 Å². The first-order valence-corrected chi connectivity index (χ1v) is 7.91. The number of nitrogens with one attached hydrogen (secondary N) is 1. The van der Waals surface area contributed by atoms with E-state index < -0.39 is 0 Å². The van der Waals surface area contributed by atoms with Gasteiger partial charge in [-0.25, -0.2) is 9.97 Å². The number of hydrogen-bond donors (Lipinski definition) is 1. The average Bonchev–Trinajstić information content (AvgIpc) is 2.49. The third-order valence-electron chi connectivity index (χ3n) is 2.57. The summed E-state index contributed by atoms with van der Waals surface area (Å²) < 4.78 is 6.05. The van der Waals surface area contributed by atoms with Crippen LogP contribution >= 0.6 is 27.7 Å². The molecule has 1 aromatic heterocycles. The van der Waals surface area contributed by atoms with Gasteiger partial charge in [0, 0.05) is 11.4 Å². The van der Waals surface area contributed by atoms with E-state index in [1.165, 1.54) is 0 Å². The molecule has 0 aliphatic heterocycles. The van der Waals surface area contributed by atoms with Crippen molar-refractivity contribution in [2.75, 3.05) is 19.0 Å². The molecule has 0 saturated carbocycles. The molecule has 0 amide bonds. The lowest BCUT2D eigenvalue weighted by molar-refractivity contribution is 0.414. The third kappa shape index (κ3) is 3.86. The van der Waals surface area contributed by atoms with Crippen LogP contribution in [0, 0.1) is 0 Å². The molecule has 0 unspecified atom stereocenters. The first kappa shape index (κ1) is 15.1. The van der Waals surface area contributed by atoms with E-state index in [2.05, 4.69) is 38.1 Å². The van der Waals surface area contributed by atoms with Gasteiger partial charge >= 0.3 is 0 Å². The Hall–Kier alpha value is -1.27. The van der Waals surface area contributed by atoms with E-state index in [1.54, 1.807) is 25.2 Å². The molecule has 106 valence electrons. The van der Waals surface area contributed by atoms with Crippen LogP contribution in [0.1, 0.15) is 13.3 Å². The zero-order chi connectivity index (χ0) is 14.4. The molecule has 2 rings (SSSR count). The van der Waals surface area contributed by atoms with Crippen LogP contribution in [0.25, 0.3) is 0 Å². The number of benzene rings is 1. The van der Waals surface area contributed by atoms with Crippen molar-refractivity contribution < 1.29 is 4.74 Å². The molecule has 0 aliphatic rings. The summed E-state index contributed by atoms with van der Waals surface area (Å²) in [6.45, 7) is 3.01. The van der Waals surface area contributed by atoms with Gasteiger partial charge in [-0.3, -0.25) is 0 Å². The maximum atomic E-state index is 5.15. The second-order valence-corrected chi connectivity index (χ2v) is 5.90. The number of hydrogen-bond acceptors (Lipinski definition) is 5. The summed E-state index contributed by atoms with van der Waals surface area (Å²) in [5.41, 5.74) is 0. The van der Waals surface area contributed by atoms with E-state index in [0.717, 1.165) is 38.9 Å². The Balaban J connectivity index is 2.15. The lowest BCUT2D eigenvalue weighted by Gasteiger charge is -2.09. The summed E-state index contributed by atoms with van der Waals surface area (Å²) in [5, 5.41) is 4.17. The first-order chi connectivity index (χ1) is 9.74. The minimum atomic E-state index is 0.831. The SMILES string of the molecule is CCCNc1ncnc(Sc2ccc(OC)cc2)c1Br. The van der Waals surface area contributed by atoms with Crippen LogP contribution in [0.4, 0.5) is 5.82 Å². The van der Waals surface area contributed by atoms with Crippen molar-refractivity contribution in [3.63, 3.8) is 0 Å². The molecule has 1 heterocycles. The number of aromatic nitrogens is 2. The highest BCUT2D eigenvalue weighted by Crippen LogP contribution is 2.35. The topological polar surface area (TPSA) is 47.0 Å². The lowest BCUT2D eigenvalue weighted by Crippen LogP contribution is -2.03. The van der Waals surface area contributed by atoms with Gasteiger partial charge in [-0.1, -0.05) is 18.7 Å². The van der Waals surface area contributed by atoms with Gasteiger partial charge in [0.05, 0.1) is 11.6 Å². The summed E-state index contributed by atoms with van der Waals surface area (Å²) in [4.78, 5) is 9.66. The van der Waals surface area contributed by atoms with Gasteiger partial charge in [0.1, 0.15) is 22.9 Å². The summed E-state index contributed by atoms with van der Waals surface area (Å²) >= 11 is 5.15. The van der Waals surface area contributed by atoms with E-state index >= 15 is 0 Å². The minimum absolute atomic E-state index is 0.831. The van der Waals surface area contributed by atoms with Crippen LogP contribution in [0.15, 0.2) is 45.0 Å². The molecule has 2 aromatic rings. The van der Waals surface area contributed by atoms with Gasteiger partial charge in [0.15, 0.2) is 0 Å². The largest absolute Gasteiger partial charge is 0.497 e. The van der Waals surface area contributed by atoms with Crippen LogP contribution in [0.3, 0.4) is 0 Å². The molecule has 0 aliphatic carbocycles. The lowest BCUT2D eigenvalue weighted by atomic mass is 10.3. The third-order valence-corrected chi connectivity index (χ3v) is 4.60. The number of nitrogens with zero attached hydrogens (tertiary/aromatic N) is 2. The van der Waals surface area contributed by atoms with Crippen LogP contribution < -0.4 is 10.1 Å². The predicted molar refractivity (Wildman–Crippen MR) is 85.6 cm³/mol.